The molecule has 5 heteroatoms. The Morgan fingerprint density at radius 3 is 2.93 bits per heavy atom. The van der Waals surface area contributed by atoms with Crippen LogP contribution < -0.4 is 16.2 Å². The van der Waals surface area contributed by atoms with E-state index in [1.54, 1.807) is 17.8 Å². The molecule has 2 unspecified atom stereocenters. The lowest BCUT2D eigenvalue weighted by Gasteiger charge is -2.12. The van der Waals surface area contributed by atoms with E-state index in [0.29, 0.717) is 5.37 Å². The van der Waals surface area contributed by atoms with E-state index in [2.05, 4.69) is 23.1 Å². The number of halogens is 1. The lowest BCUT2D eigenvalue weighted by molar-refractivity contribution is 0.571. The van der Waals surface area contributed by atoms with Gasteiger partial charge in [-0.05, 0) is 25.1 Å². The molecule has 1 aromatic carbocycles. The summed E-state index contributed by atoms with van der Waals surface area (Å²) in [5, 5.41) is 3.52. The predicted octanol–water partition coefficient (Wildman–Crippen LogP) is 1.71. The van der Waals surface area contributed by atoms with E-state index in [1.165, 1.54) is 12.1 Å². The Bertz CT molecular complexity index is 321. The van der Waals surface area contributed by atoms with Crippen molar-refractivity contribution in [2.24, 2.45) is 0 Å². The first kappa shape index (κ1) is 9.76. The average Bonchev–Trinajstić information content (AvgIpc) is 2.51. The normalized spacial score (nSPS) is 26.4. The van der Waals surface area contributed by atoms with Crippen LogP contribution in [-0.2, 0) is 0 Å². The third-order valence-electron chi connectivity index (χ3n) is 1.88. The van der Waals surface area contributed by atoms with E-state index in [1.807, 2.05) is 6.07 Å². The number of hydrogen-bond acceptors (Lipinski definition) is 4. The van der Waals surface area contributed by atoms with Gasteiger partial charge in [-0.15, -0.1) is 11.8 Å². The highest BCUT2D eigenvalue weighted by Gasteiger charge is 2.19. The summed E-state index contributed by atoms with van der Waals surface area (Å²) in [4.78, 5) is 0. The summed E-state index contributed by atoms with van der Waals surface area (Å²) in [5.74, 6) is -0.223. The molecule has 0 spiro atoms. The molecule has 1 aliphatic heterocycles. The number of hydrogen-bond donors (Lipinski definition) is 3. The summed E-state index contributed by atoms with van der Waals surface area (Å²) in [6.45, 7) is 2.06. The van der Waals surface area contributed by atoms with Crippen molar-refractivity contribution in [2.75, 3.05) is 5.32 Å². The maximum absolute atomic E-state index is 12.8. The summed E-state index contributed by atoms with van der Waals surface area (Å²) in [5.41, 5.74) is 6.99. The fourth-order valence-electron chi connectivity index (χ4n) is 1.26. The van der Waals surface area contributed by atoms with Crippen molar-refractivity contribution in [3.8, 4) is 0 Å². The molecular weight excluding hydrogens is 201 g/mol. The first-order valence-electron chi connectivity index (χ1n) is 4.43. The minimum Gasteiger partial charge on any atom is -0.360 e. The van der Waals surface area contributed by atoms with Gasteiger partial charge >= 0.3 is 0 Å². The highest BCUT2D eigenvalue weighted by Crippen LogP contribution is 2.20. The topological polar surface area (TPSA) is 36.1 Å². The van der Waals surface area contributed by atoms with Crippen molar-refractivity contribution in [3.63, 3.8) is 0 Å². The number of benzene rings is 1. The molecule has 0 aromatic heterocycles. The molecule has 0 bridgehead atoms. The number of nitrogens with one attached hydrogen (secondary N) is 3. The fourth-order valence-corrected chi connectivity index (χ4v) is 2.15. The zero-order valence-corrected chi connectivity index (χ0v) is 8.57. The van der Waals surface area contributed by atoms with Crippen LogP contribution in [-0.4, -0.2) is 10.9 Å². The third-order valence-corrected chi connectivity index (χ3v) is 2.91. The number of anilines is 1. The van der Waals surface area contributed by atoms with Gasteiger partial charge in [0.2, 0.25) is 0 Å². The first-order chi connectivity index (χ1) is 6.74. The van der Waals surface area contributed by atoms with Crippen LogP contribution in [0.15, 0.2) is 24.3 Å². The number of rotatable bonds is 2. The number of thioether (sulfide) groups is 1. The van der Waals surface area contributed by atoms with Gasteiger partial charge in [0.25, 0.3) is 0 Å². The Morgan fingerprint density at radius 1 is 1.43 bits per heavy atom. The molecule has 3 N–H and O–H groups in total. The largest absolute Gasteiger partial charge is 0.360 e. The Kier molecular flexibility index (Phi) is 2.90. The van der Waals surface area contributed by atoms with Crippen LogP contribution in [0.3, 0.4) is 0 Å². The van der Waals surface area contributed by atoms with Crippen LogP contribution in [0, 0.1) is 5.82 Å². The van der Waals surface area contributed by atoms with Crippen molar-refractivity contribution < 1.29 is 4.39 Å². The molecule has 76 valence electrons. The van der Waals surface area contributed by atoms with Crippen LogP contribution in [0.25, 0.3) is 0 Å². The molecule has 0 amide bonds. The van der Waals surface area contributed by atoms with Gasteiger partial charge in [0.05, 0.1) is 5.37 Å². The molecular formula is C9H12FN3S. The van der Waals surface area contributed by atoms with Gasteiger partial charge in [0.1, 0.15) is 11.3 Å². The summed E-state index contributed by atoms with van der Waals surface area (Å²) in [6, 6.07) is 6.44. The predicted molar refractivity (Wildman–Crippen MR) is 57.1 cm³/mol. The maximum Gasteiger partial charge on any atom is 0.139 e. The van der Waals surface area contributed by atoms with Crippen molar-refractivity contribution in [1.82, 2.24) is 10.9 Å². The Balaban J connectivity index is 1.97. The van der Waals surface area contributed by atoms with Crippen LogP contribution in [0.1, 0.15) is 6.92 Å². The molecule has 3 nitrogen and oxygen atoms in total. The summed E-state index contributed by atoms with van der Waals surface area (Å²) in [7, 11) is 0. The maximum atomic E-state index is 12.8. The molecule has 2 rings (SSSR count). The van der Waals surface area contributed by atoms with E-state index < -0.39 is 0 Å². The molecule has 1 saturated heterocycles. The Morgan fingerprint density at radius 2 is 2.29 bits per heavy atom. The monoisotopic (exact) mass is 213 g/mol. The Labute approximate surface area is 86.4 Å². The van der Waals surface area contributed by atoms with E-state index in [0.717, 1.165) is 5.69 Å². The quantitative estimate of drug-likeness (QED) is 0.699. The summed E-state index contributed by atoms with van der Waals surface area (Å²) < 4.78 is 12.8. The zero-order valence-electron chi connectivity index (χ0n) is 7.75. The second kappa shape index (κ2) is 4.16. The van der Waals surface area contributed by atoms with Crippen molar-refractivity contribution in [2.45, 2.75) is 17.8 Å². The molecule has 1 aliphatic rings. The summed E-state index contributed by atoms with van der Waals surface area (Å²) >= 11 is 1.71. The molecule has 0 radical (unpaired) electrons. The van der Waals surface area contributed by atoms with Gasteiger partial charge in [0.15, 0.2) is 0 Å². The lowest BCUT2D eigenvalue weighted by Crippen LogP contribution is -2.36. The molecule has 0 saturated carbocycles. The number of hydrazine groups is 1. The van der Waals surface area contributed by atoms with Crippen molar-refractivity contribution in [1.29, 1.82) is 0 Å². The van der Waals surface area contributed by atoms with Crippen LogP contribution in [0.5, 0.6) is 0 Å². The van der Waals surface area contributed by atoms with E-state index >= 15 is 0 Å². The fraction of sp³-hybridized carbons (Fsp3) is 0.333. The minimum atomic E-state index is -0.223. The van der Waals surface area contributed by atoms with E-state index in [-0.39, 0.29) is 11.3 Å². The average molecular weight is 213 g/mol. The van der Waals surface area contributed by atoms with E-state index in [9.17, 15) is 4.39 Å². The van der Waals surface area contributed by atoms with Crippen molar-refractivity contribution in [3.05, 3.63) is 30.1 Å². The second-order valence-electron chi connectivity index (χ2n) is 3.10. The second-order valence-corrected chi connectivity index (χ2v) is 4.55. The first-order valence-corrected chi connectivity index (χ1v) is 5.37. The van der Waals surface area contributed by atoms with Crippen LogP contribution >= 0.6 is 11.8 Å². The van der Waals surface area contributed by atoms with Gasteiger partial charge in [-0.1, -0.05) is 6.07 Å². The molecule has 2 atom stereocenters. The smallest absolute Gasteiger partial charge is 0.139 e. The van der Waals surface area contributed by atoms with Gasteiger partial charge in [-0.2, -0.15) is 0 Å². The lowest BCUT2D eigenvalue weighted by atomic mass is 10.3. The standard InChI is InChI=1S/C9H12FN3S/c1-6-12-13-9(14-6)11-8-4-2-3-7(10)5-8/h2-6,9,11-13H,1H3. The summed E-state index contributed by atoms with van der Waals surface area (Å²) in [6.07, 6.45) is 0. The van der Waals surface area contributed by atoms with Crippen LogP contribution in [0.4, 0.5) is 10.1 Å². The molecule has 1 aromatic rings. The van der Waals surface area contributed by atoms with Crippen molar-refractivity contribution >= 4 is 17.4 Å². The Hall–Kier alpha value is -0.780. The van der Waals surface area contributed by atoms with Gasteiger partial charge in [-0.3, -0.25) is 0 Å². The zero-order chi connectivity index (χ0) is 9.97. The van der Waals surface area contributed by atoms with E-state index in [4.69, 9.17) is 0 Å². The van der Waals surface area contributed by atoms with Gasteiger partial charge in [0, 0.05) is 5.69 Å². The minimum absolute atomic E-state index is 0.0896. The molecule has 1 heterocycles. The molecule has 0 aliphatic carbocycles. The highest BCUT2D eigenvalue weighted by molar-refractivity contribution is 8.00. The highest BCUT2D eigenvalue weighted by atomic mass is 32.2. The van der Waals surface area contributed by atoms with Crippen LogP contribution in [0.2, 0.25) is 0 Å². The van der Waals surface area contributed by atoms with Gasteiger partial charge in [-0.25, -0.2) is 15.2 Å². The molecule has 14 heavy (non-hydrogen) atoms. The third kappa shape index (κ3) is 2.37. The molecule has 1 fully saturated rings. The van der Waals surface area contributed by atoms with Gasteiger partial charge < -0.3 is 5.32 Å². The SMILES string of the molecule is CC1NNC(Nc2cccc(F)c2)S1.